The van der Waals surface area contributed by atoms with E-state index in [0.717, 1.165) is 28.6 Å². The third kappa shape index (κ3) is 3.16. The highest BCUT2D eigenvalue weighted by molar-refractivity contribution is 9.10. The molecule has 1 aliphatic heterocycles. The van der Waals surface area contributed by atoms with Crippen LogP contribution < -0.4 is 5.32 Å². The molecule has 3 rings (SSSR count). The Kier molecular flexibility index (Phi) is 4.36. The summed E-state index contributed by atoms with van der Waals surface area (Å²) in [5, 5.41) is 4.94. The Balaban J connectivity index is 1.83. The van der Waals surface area contributed by atoms with Gasteiger partial charge in [0.25, 0.3) is 0 Å². The third-order valence-electron chi connectivity index (χ3n) is 4.10. The molecular weight excluding hydrogens is 352 g/mol. The topological polar surface area (TPSA) is 49.4 Å². The van der Waals surface area contributed by atoms with Gasteiger partial charge >= 0.3 is 0 Å². The molecule has 2 fully saturated rings. The zero-order valence-electron chi connectivity index (χ0n) is 12.0. The average Bonchev–Trinajstić information content (AvgIpc) is 3.18. The summed E-state index contributed by atoms with van der Waals surface area (Å²) >= 11 is 5.07. The number of carbonyl (C=O) groups is 2. The fourth-order valence-electron chi connectivity index (χ4n) is 2.94. The molecule has 1 saturated heterocycles. The molecule has 4 nitrogen and oxygen atoms in total. The molecule has 114 valence electrons. The van der Waals surface area contributed by atoms with Crippen LogP contribution in [0, 0.1) is 5.92 Å². The van der Waals surface area contributed by atoms with Crippen molar-refractivity contribution in [2.45, 2.75) is 51.2 Å². The maximum atomic E-state index is 12.7. The minimum absolute atomic E-state index is 0.0335. The number of nitrogens with one attached hydrogen (secondary N) is 1. The molecule has 0 spiro atoms. The van der Waals surface area contributed by atoms with Crippen molar-refractivity contribution in [1.82, 2.24) is 10.2 Å². The van der Waals surface area contributed by atoms with Crippen LogP contribution in [0.1, 0.15) is 37.5 Å². The van der Waals surface area contributed by atoms with E-state index in [1.807, 2.05) is 23.3 Å². The van der Waals surface area contributed by atoms with E-state index in [9.17, 15) is 9.59 Å². The van der Waals surface area contributed by atoms with Gasteiger partial charge in [0.05, 0.1) is 6.54 Å². The lowest BCUT2D eigenvalue weighted by Gasteiger charge is -2.39. The molecule has 0 aromatic carbocycles. The van der Waals surface area contributed by atoms with Gasteiger partial charge in [-0.1, -0.05) is 13.3 Å². The first-order valence-electron chi connectivity index (χ1n) is 7.44. The van der Waals surface area contributed by atoms with Crippen LogP contribution >= 0.6 is 27.3 Å². The predicted molar refractivity (Wildman–Crippen MR) is 85.9 cm³/mol. The number of halogens is 1. The van der Waals surface area contributed by atoms with Crippen LogP contribution in [0.3, 0.4) is 0 Å². The van der Waals surface area contributed by atoms with Crippen molar-refractivity contribution in [2.24, 2.45) is 5.92 Å². The molecular formula is C15H19BrN2O2S. The second kappa shape index (κ2) is 6.08. The Morgan fingerprint density at radius 2 is 2.19 bits per heavy atom. The summed E-state index contributed by atoms with van der Waals surface area (Å²) in [4.78, 5) is 28.1. The van der Waals surface area contributed by atoms with Crippen LogP contribution in [0.5, 0.6) is 0 Å². The Labute approximate surface area is 137 Å². The van der Waals surface area contributed by atoms with Crippen molar-refractivity contribution in [3.05, 3.63) is 20.8 Å². The van der Waals surface area contributed by atoms with Gasteiger partial charge in [0.15, 0.2) is 0 Å². The molecule has 0 radical (unpaired) electrons. The molecule has 2 aliphatic rings. The van der Waals surface area contributed by atoms with Crippen molar-refractivity contribution >= 4 is 39.1 Å². The number of thiophene rings is 1. The van der Waals surface area contributed by atoms with E-state index in [-0.39, 0.29) is 23.9 Å². The van der Waals surface area contributed by atoms with Gasteiger partial charge in [-0.2, -0.15) is 0 Å². The minimum Gasteiger partial charge on any atom is -0.342 e. The maximum absolute atomic E-state index is 12.7. The van der Waals surface area contributed by atoms with Crippen molar-refractivity contribution in [3.8, 4) is 0 Å². The zero-order chi connectivity index (χ0) is 15.0. The minimum atomic E-state index is -0.346. The lowest BCUT2D eigenvalue weighted by atomic mass is 10.0. The van der Waals surface area contributed by atoms with Crippen LogP contribution in [0.2, 0.25) is 0 Å². The van der Waals surface area contributed by atoms with Gasteiger partial charge < -0.3 is 10.2 Å². The van der Waals surface area contributed by atoms with Crippen LogP contribution in [-0.4, -0.2) is 28.8 Å². The van der Waals surface area contributed by atoms with E-state index in [2.05, 4.69) is 21.2 Å². The number of nitrogens with zero attached hydrogens (tertiary/aromatic N) is 1. The Hall–Kier alpha value is -0.880. The Bertz CT molecular complexity index is 556. The molecule has 2 amide bonds. The van der Waals surface area contributed by atoms with Crippen LogP contribution in [0.25, 0.3) is 0 Å². The standard InChI is InChI=1S/C15H19BrN2O2S/c1-2-3-12-15(20)18(7-11-6-10(16)8-21-11)13(9-4-5-9)14(19)17-12/h6,8-9,12-13H,2-5,7H2,1H3,(H,17,19). The van der Waals surface area contributed by atoms with E-state index in [0.29, 0.717) is 18.9 Å². The highest BCUT2D eigenvalue weighted by Gasteiger charge is 2.47. The van der Waals surface area contributed by atoms with E-state index in [1.165, 1.54) is 0 Å². The number of amides is 2. The van der Waals surface area contributed by atoms with Gasteiger partial charge in [-0.15, -0.1) is 11.3 Å². The summed E-state index contributed by atoms with van der Waals surface area (Å²) in [6.45, 7) is 2.58. The van der Waals surface area contributed by atoms with Gasteiger partial charge in [0.1, 0.15) is 12.1 Å². The molecule has 2 heterocycles. The third-order valence-corrected chi connectivity index (χ3v) is 5.78. The van der Waals surface area contributed by atoms with E-state index >= 15 is 0 Å². The largest absolute Gasteiger partial charge is 0.342 e. The SMILES string of the molecule is CCCC1NC(=O)C(C2CC2)N(Cc2cc(Br)cs2)C1=O. The van der Waals surface area contributed by atoms with Gasteiger partial charge in [0.2, 0.25) is 11.8 Å². The molecule has 2 atom stereocenters. The fourth-order valence-corrected chi connectivity index (χ4v) is 4.39. The lowest BCUT2D eigenvalue weighted by molar-refractivity contribution is -0.151. The second-order valence-corrected chi connectivity index (χ2v) is 7.74. The smallest absolute Gasteiger partial charge is 0.246 e. The quantitative estimate of drug-likeness (QED) is 0.865. The maximum Gasteiger partial charge on any atom is 0.246 e. The number of piperazine rings is 1. The van der Waals surface area contributed by atoms with Gasteiger partial charge in [-0.25, -0.2) is 0 Å². The molecule has 1 N–H and O–H groups in total. The normalized spacial score (nSPS) is 26.1. The van der Waals surface area contributed by atoms with Crippen molar-refractivity contribution in [1.29, 1.82) is 0 Å². The van der Waals surface area contributed by atoms with Crippen LogP contribution in [-0.2, 0) is 16.1 Å². The van der Waals surface area contributed by atoms with E-state index in [4.69, 9.17) is 0 Å². The highest BCUT2D eigenvalue weighted by Crippen LogP contribution is 2.38. The summed E-state index contributed by atoms with van der Waals surface area (Å²) in [5.41, 5.74) is 0. The monoisotopic (exact) mass is 370 g/mol. The molecule has 1 aliphatic carbocycles. The van der Waals surface area contributed by atoms with Crippen molar-refractivity contribution in [3.63, 3.8) is 0 Å². The Morgan fingerprint density at radius 3 is 2.76 bits per heavy atom. The van der Waals surface area contributed by atoms with E-state index < -0.39 is 0 Å². The van der Waals surface area contributed by atoms with E-state index in [1.54, 1.807) is 11.3 Å². The lowest BCUT2D eigenvalue weighted by Crippen LogP contribution is -2.63. The summed E-state index contributed by atoms with van der Waals surface area (Å²) < 4.78 is 1.03. The molecule has 0 bridgehead atoms. The summed E-state index contributed by atoms with van der Waals surface area (Å²) in [6.07, 6.45) is 3.71. The molecule has 2 unspecified atom stereocenters. The summed E-state index contributed by atoms with van der Waals surface area (Å²) in [5.74, 6) is 0.462. The summed E-state index contributed by atoms with van der Waals surface area (Å²) in [6, 6.07) is 1.41. The molecule has 6 heteroatoms. The number of hydrogen-bond acceptors (Lipinski definition) is 3. The first kappa shape index (κ1) is 15.0. The number of hydrogen-bond donors (Lipinski definition) is 1. The fraction of sp³-hybridized carbons (Fsp3) is 0.600. The number of rotatable bonds is 5. The molecule has 1 aromatic rings. The summed E-state index contributed by atoms with van der Waals surface area (Å²) in [7, 11) is 0. The van der Waals surface area contributed by atoms with Crippen LogP contribution in [0.4, 0.5) is 0 Å². The Morgan fingerprint density at radius 1 is 1.43 bits per heavy atom. The van der Waals surface area contributed by atoms with Crippen molar-refractivity contribution in [2.75, 3.05) is 0 Å². The molecule has 1 saturated carbocycles. The molecule has 1 aromatic heterocycles. The van der Waals surface area contributed by atoms with Crippen LogP contribution in [0.15, 0.2) is 15.9 Å². The first-order valence-corrected chi connectivity index (χ1v) is 9.11. The highest BCUT2D eigenvalue weighted by atomic mass is 79.9. The average molecular weight is 371 g/mol. The first-order chi connectivity index (χ1) is 10.1. The molecule has 21 heavy (non-hydrogen) atoms. The van der Waals surface area contributed by atoms with Gasteiger partial charge in [-0.3, -0.25) is 9.59 Å². The van der Waals surface area contributed by atoms with Crippen molar-refractivity contribution < 1.29 is 9.59 Å². The van der Waals surface area contributed by atoms with Gasteiger partial charge in [0, 0.05) is 14.7 Å². The number of carbonyl (C=O) groups excluding carboxylic acids is 2. The predicted octanol–water partition coefficient (Wildman–Crippen LogP) is 2.92. The second-order valence-electron chi connectivity index (χ2n) is 5.83. The zero-order valence-corrected chi connectivity index (χ0v) is 14.4. The van der Waals surface area contributed by atoms with Gasteiger partial charge in [-0.05, 0) is 47.2 Å².